The van der Waals surface area contributed by atoms with E-state index in [1.165, 1.54) is 28.7 Å². The summed E-state index contributed by atoms with van der Waals surface area (Å²) < 4.78 is 34.7. The summed E-state index contributed by atoms with van der Waals surface area (Å²) in [6.07, 6.45) is 1.15. The predicted octanol–water partition coefficient (Wildman–Crippen LogP) is 4.17. The van der Waals surface area contributed by atoms with Gasteiger partial charge in [0.25, 0.3) is 5.91 Å². The molecule has 0 spiro atoms. The quantitative estimate of drug-likeness (QED) is 0.396. The molecule has 4 aromatic rings. The highest BCUT2D eigenvalue weighted by molar-refractivity contribution is 7.90. The van der Waals surface area contributed by atoms with Gasteiger partial charge in [-0.1, -0.05) is 11.3 Å². The number of hydrogen-bond acceptors (Lipinski definition) is 10. The summed E-state index contributed by atoms with van der Waals surface area (Å²) in [6.45, 7) is 0. The molecule has 32 heavy (non-hydrogen) atoms. The number of benzene rings is 2. The minimum atomic E-state index is -3.32. The third-order valence-electron chi connectivity index (χ3n) is 4.38. The number of fused-ring (bicyclic) bond motifs is 1. The van der Waals surface area contributed by atoms with Crippen molar-refractivity contribution in [1.29, 1.82) is 0 Å². The number of carbonyl (C=O) groups is 1. The van der Waals surface area contributed by atoms with Gasteiger partial charge in [0.15, 0.2) is 31.6 Å². The molecule has 0 aliphatic rings. The molecule has 2 aromatic carbocycles. The average molecular weight is 491 g/mol. The molecule has 2 N–H and O–H groups in total. The maximum absolute atomic E-state index is 12.6. The summed E-state index contributed by atoms with van der Waals surface area (Å²) in [5.74, 6) is 0.766. The lowest BCUT2D eigenvalue weighted by molar-refractivity contribution is 0.102. The van der Waals surface area contributed by atoms with Crippen LogP contribution in [0.5, 0.6) is 11.5 Å². The smallest absolute Gasteiger partial charge is 0.276 e. The second kappa shape index (κ2) is 8.73. The van der Waals surface area contributed by atoms with Gasteiger partial charge in [0.2, 0.25) is 0 Å². The van der Waals surface area contributed by atoms with Gasteiger partial charge in [-0.25, -0.2) is 18.4 Å². The first kappa shape index (κ1) is 22.0. The zero-order chi connectivity index (χ0) is 22.9. The molecule has 0 atom stereocenters. The summed E-state index contributed by atoms with van der Waals surface area (Å²) in [6, 6.07) is 10.0. The first-order valence-corrected chi connectivity index (χ1v) is 12.7. The van der Waals surface area contributed by atoms with E-state index in [4.69, 9.17) is 9.47 Å². The van der Waals surface area contributed by atoms with E-state index in [0.717, 1.165) is 11.9 Å². The maximum atomic E-state index is 12.6. The zero-order valence-corrected chi connectivity index (χ0v) is 19.7. The zero-order valence-electron chi connectivity index (χ0n) is 17.2. The van der Waals surface area contributed by atoms with E-state index in [1.54, 1.807) is 43.9 Å². The van der Waals surface area contributed by atoms with Crippen LogP contribution in [0.3, 0.4) is 0 Å². The van der Waals surface area contributed by atoms with Crippen molar-refractivity contribution >= 4 is 64.6 Å². The second-order valence-electron chi connectivity index (χ2n) is 6.61. The Kier molecular flexibility index (Phi) is 6.00. The first-order valence-electron chi connectivity index (χ1n) is 9.13. The number of rotatable bonds is 7. The van der Waals surface area contributed by atoms with Gasteiger partial charge in [0.1, 0.15) is 5.69 Å². The molecule has 0 fully saturated rings. The van der Waals surface area contributed by atoms with Gasteiger partial charge in [-0.05, 0) is 30.3 Å². The topological polar surface area (TPSA) is 120 Å². The van der Waals surface area contributed by atoms with Crippen LogP contribution in [-0.2, 0) is 9.84 Å². The molecule has 166 valence electrons. The van der Waals surface area contributed by atoms with Crippen LogP contribution < -0.4 is 20.1 Å². The molecular weight excluding hydrogens is 472 g/mol. The first-order chi connectivity index (χ1) is 15.3. The lowest BCUT2D eigenvalue weighted by Crippen LogP contribution is -2.12. The standard InChI is InChI=1S/C20H18N4O5S3/c1-28-15-7-4-11(8-16(15)29-2)21-19-23-14(10-30-19)18(25)24-20-22-13-6-5-12(32(3,26)27)9-17(13)31-20/h4-10H,1-3H3,(H,21,23)(H,22,24,25). The van der Waals surface area contributed by atoms with Gasteiger partial charge in [0, 0.05) is 23.4 Å². The Morgan fingerprint density at radius 2 is 1.78 bits per heavy atom. The predicted molar refractivity (Wildman–Crippen MR) is 126 cm³/mol. The average Bonchev–Trinajstić information content (AvgIpc) is 3.38. The molecule has 0 unspecified atom stereocenters. The van der Waals surface area contributed by atoms with E-state index in [1.807, 2.05) is 6.07 Å². The van der Waals surface area contributed by atoms with Crippen molar-refractivity contribution in [3.05, 3.63) is 47.5 Å². The van der Waals surface area contributed by atoms with Crippen LogP contribution in [0, 0.1) is 0 Å². The Bertz CT molecular complexity index is 1410. The highest BCUT2D eigenvalue weighted by atomic mass is 32.2. The number of nitrogens with zero attached hydrogens (tertiary/aromatic N) is 2. The van der Waals surface area contributed by atoms with Crippen LogP contribution in [-0.4, -0.2) is 44.8 Å². The van der Waals surface area contributed by atoms with Crippen molar-refractivity contribution in [2.24, 2.45) is 0 Å². The fourth-order valence-electron chi connectivity index (χ4n) is 2.82. The molecule has 0 saturated carbocycles. The maximum Gasteiger partial charge on any atom is 0.276 e. The lowest BCUT2D eigenvalue weighted by Gasteiger charge is -2.09. The lowest BCUT2D eigenvalue weighted by atomic mass is 10.3. The van der Waals surface area contributed by atoms with Gasteiger partial charge in [-0.2, -0.15) is 0 Å². The van der Waals surface area contributed by atoms with E-state index < -0.39 is 15.7 Å². The minimum absolute atomic E-state index is 0.205. The highest BCUT2D eigenvalue weighted by Crippen LogP contribution is 2.32. The van der Waals surface area contributed by atoms with Crippen LogP contribution in [0.2, 0.25) is 0 Å². The van der Waals surface area contributed by atoms with Gasteiger partial charge in [-0.3, -0.25) is 10.1 Å². The number of amides is 1. The van der Waals surface area contributed by atoms with Crippen molar-refractivity contribution in [3.8, 4) is 11.5 Å². The van der Waals surface area contributed by atoms with Gasteiger partial charge in [-0.15, -0.1) is 11.3 Å². The molecule has 0 saturated heterocycles. The van der Waals surface area contributed by atoms with Crippen molar-refractivity contribution in [2.75, 3.05) is 31.1 Å². The Balaban J connectivity index is 1.48. The number of aromatic nitrogens is 2. The van der Waals surface area contributed by atoms with Crippen molar-refractivity contribution < 1.29 is 22.7 Å². The number of sulfone groups is 1. The molecule has 2 heterocycles. The van der Waals surface area contributed by atoms with Gasteiger partial charge >= 0.3 is 0 Å². The third-order valence-corrected chi connectivity index (χ3v) is 7.18. The number of ether oxygens (including phenoxy) is 2. The van der Waals surface area contributed by atoms with E-state index >= 15 is 0 Å². The van der Waals surface area contributed by atoms with Crippen molar-refractivity contribution in [2.45, 2.75) is 4.90 Å². The SMILES string of the molecule is COc1ccc(Nc2nc(C(=O)Nc3nc4ccc(S(C)(=O)=O)cc4s3)cs2)cc1OC. The summed E-state index contributed by atoms with van der Waals surface area (Å²) in [7, 11) is -0.206. The van der Waals surface area contributed by atoms with Gasteiger partial charge < -0.3 is 14.8 Å². The number of hydrogen-bond donors (Lipinski definition) is 2. The van der Waals surface area contributed by atoms with E-state index in [-0.39, 0.29) is 10.6 Å². The third kappa shape index (κ3) is 4.66. The van der Waals surface area contributed by atoms with E-state index in [2.05, 4.69) is 20.6 Å². The number of methoxy groups -OCH3 is 2. The Morgan fingerprint density at radius 3 is 2.50 bits per heavy atom. The molecule has 0 radical (unpaired) electrons. The molecule has 9 nitrogen and oxygen atoms in total. The van der Waals surface area contributed by atoms with Crippen LogP contribution >= 0.6 is 22.7 Å². The van der Waals surface area contributed by atoms with Crippen molar-refractivity contribution in [3.63, 3.8) is 0 Å². The summed E-state index contributed by atoms with van der Waals surface area (Å²) in [4.78, 5) is 21.5. The van der Waals surface area contributed by atoms with Crippen molar-refractivity contribution in [1.82, 2.24) is 9.97 Å². The Morgan fingerprint density at radius 1 is 1.00 bits per heavy atom. The largest absolute Gasteiger partial charge is 0.493 e. The normalized spacial score (nSPS) is 11.3. The highest BCUT2D eigenvalue weighted by Gasteiger charge is 2.16. The van der Waals surface area contributed by atoms with Gasteiger partial charge in [0.05, 0.1) is 29.3 Å². The number of thiazole rings is 2. The monoisotopic (exact) mass is 490 g/mol. The Hall–Kier alpha value is -3.22. The summed E-state index contributed by atoms with van der Waals surface area (Å²) in [5, 5.41) is 8.37. The number of nitrogens with one attached hydrogen (secondary N) is 2. The molecule has 2 aromatic heterocycles. The minimum Gasteiger partial charge on any atom is -0.493 e. The fraction of sp³-hybridized carbons (Fsp3) is 0.150. The molecule has 4 rings (SSSR count). The second-order valence-corrected chi connectivity index (χ2v) is 10.5. The van der Waals surface area contributed by atoms with E-state index in [9.17, 15) is 13.2 Å². The van der Waals surface area contributed by atoms with E-state index in [0.29, 0.717) is 32.0 Å². The molecule has 12 heteroatoms. The molecule has 1 amide bonds. The summed E-state index contributed by atoms with van der Waals surface area (Å²) in [5.41, 5.74) is 1.57. The van der Waals surface area contributed by atoms with Crippen LogP contribution in [0.25, 0.3) is 10.2 Å². The van der Waals surface area contributed by atoms with Crippen LogP contribution in [0.1, 0.15) is 10.5 Å². The molecule has 0 bridgehead atoms. The number of carbonyl (C=O) groups excluding carboxylic acids is 1. The van der Waals surface area contributed by atoms with Crippen LogP contribution in [0.15, 0.2) is 46.7 Å². The molecule has 0 aliphatic carbocycles. The molecule has 0 aliphatic heterocycles. The fourth-order valence-corrected chi connectivity index (χ4v) is 5.16. The van der Waals surface area contributed by atoms with Crippen LogP contribution in [0.4, 0.5) is 16.0 Å². The summed E-state index contributed by atoms with van der Waals surface area (Å²) >= 11 is 2.47. The number of anilines is 3. The molecular formula is C20H18N4O5S3. The Labute approximate surface area is 192 Å².